The summed E-state index contributed by atoms with van der Waals surface area (Å²) in [6.45, 7) is 0.454. The molecule has 0 aromatic rings. The van der Waals surface area contributed by atoms with E-state index in [-0.39, 0.29) is 10.9 Å². The van der Waals surface area contributed by atoms with Crippen molar-refractivity contribution in [2.45, 2.75) is 11.7 Å². The predicted octanol–water partition coefficient (Wildman–Crippen LogP) is 1.59. The van der Waals surface area contributed by atoms with E-state index in [4.69, 9.17) is 0 Å². The number of rotatable bonds is 0. The van der Waals surface area contributed by atoms with Gasteiger partial charge in [0.05, 0.1) is 11.8 Å². The van der Waals surface area contributed by atoms with Crippen LogP contribution < -0.4 is 0 Å². The van der Waals surface area contributed by atoms with E-state index in [1.807, 2.05) is 12.2 Å². The molecule has 0 N–H and O–H groups in total. The molecular weight excluding hydrogens is 212 g/mol. The normalized spacial score (nSPS) is 35.5. The van der Waals surface area contributed by atoms with Crippen LogP contribution in [0.5, 0.6) is 0 Å². The van der Waals surface area contributed by atoms with Gasteiger partial charge in [-0.15, -0.1) is 5.11 Å². The first-order valence-corrected chi connectivity index (χ1v) is 6.42. The first-order valence-electron chi connectivity index (χ1n) is 4.88. The minimum atomic E-state index is -3.28. The highest BCUT2D eigenvalue weighted by Crippen LogP contribution is 2.39. The molecule has 1 aliphatic carbocycles. The Hall–Kier alpha value is -1.23. The zero-order chi connectivity index (χ0) is 10.5. The van der Waals surface area contributed by atoms with E-state index in [1.54, 1.807) is 12.2 Å². The van der Waals surface area contributed by atoms with Crippen molar-refractivity contribution in [2.24, 2.45) is 16.1 Å². The second kappa shape index (κ2) is 2.88. The molecule has 15 heavy (non-hydrogen) atoms. The van der Waals surface area contributed by atoms with E-state index in [0.717, 1.165) is 12.0 Å². The maximum atomic E-state index is 12.1. The molecule has 0 aromatic heterocycles. The molecule has 0 bridgehead atoms. The summed E-state index contributed by atoms with van der Waals surface area (Å²) >= 11 is 0. The molecule has 78 valence electrons. The molecule has 2 heterocycles. The lowest BCUT2D eigenvalue weighted by Crippen LogP contribution is -2.33. The Bertz CT molecular complexity index is 526. The second-order valence-corrected chi connectivity index (χ2v) is 5.98. The van der Waals surface area contributed by atoms with Gasteiger partial charge in [-0.2, -0.15) is 5.11 Å². The molecule has 4 nitrogen and oxygen atoms in total. The van der Waals surface area contributed by atoms with Crippen molar-refractivity contribution in [3.8, 4) is 0 Å². The van der Waals surface area contributed by atoms with Gasteiger partial charge in [-0.05, 0) is 12.0 Å². The third-order valence-electron chi connectivity index (χ3n) is 3.03. The fraction of sp³-hybridized carbons (Fsp3) is 0.400. The molecule has 0 fully saturated rings. The van der Waals surface area contributed by atoms with Crippen LogP contribution in [0.4, 0.5) is 0 Å². The maximum Gasteiger partial charge on any atom is 0.204 e. The molecule has 2 aliphatic heterocycles. The van der Waals surface area contributed by atoms with E-state index in [2.05, 4.69) is 10.2 Å². The number of sulfone groups is 1. The van der Waals surface area contributed by atoms with Gasteiger partial charge in [0.25, 0.3) is 0 Å². The minimum Gasteiger partial charge on any atom is -0.221 e. The lowest BCUT2D eigenvalue weighted by atomic mass is 9.92. The van der Waals surface area contributed by atoms with Gasteiger partial charge >= 0.3 is 0 Å². The molecule has 3 rings (SSSR count). The van der Waals surface area contributed by atoms with Gasteiger partial charge in [-0.3, -0.25) is 0 Å². The molecule has 0 spiro atoms. The number of azo groups is 1. The van der Waals surface area contributed by atoms with Crippen molar-refractivity contribution >= 4 is 9.84 Å². The zero-order valence-electron chi connectivity index (χ0n) is 8.00. The van der Waals surface area contributed by atoms with Crippen molar-refractivity contribution in [1.82, 2.24) is 0 Å². The third kappa shape index (κ3) is 1.16. The van der Waals surface area contributed by atoms with Crippen molar-refractivity contribution < 1.29 is 8.42 Å². The molecule has 5 heteroatoms. The van der Waals surface area contributed by atoms with Crippen LogP contribution in [-0.4, -0.2) is 20.2 Å². The molecule has 0 amide bonds. The SMILES string of the molecule is O=S1(=O)C2=C(CN=N2)CC2C=CC=CC21. The van der Waals surface area contributed by atoms with Gasteiger partial charge in [0.15, 0.2) is 5.03 Å². The van der Waals surface area contributed by atoms with Crippen LogP contribution in [-0.2, 0) is 9.84 Å². The molecule has 0 radical (unpaired) electrons. The summed E-state index contributed by atoms with van der Waals surface area (Å²) in [7, 11) is -3.28. The fourth-order valence-electron chi connectivity index (χ4n) is 2.30. The van der Waals surface area contributed by atoms with Crippen LogP contribution in [0.2, 0.25) is 0 Å². The van der Waals surface area contributed by atoms with Gasteiger partial charge in [0.2, 0.25) is 9.84 Å². The Balaban J connectivity index is 2.17. The van der Waals surface area contributed by atoms with Gasteiger partial charge in [-0.1, -0.05) is 24.3 Å². The third-order valence-corrected chi connectivity index (χ3v) is 5.16. The Labute approximate surface area is 88.0 Å². The van der Waals surface area contributed by atoms with Crippen molar-refractivity contribution in [1.29, 1.82) is 0 Å². The lowest BCUT2D eigenvalue weighted by molar-refractivity contribution is 0.554. The number of hydrogen-bond donors (Lipinski definition) is 0. The smallest absolute Gasteiger partial charge is 0.204 e. The highest BCUT2D eigenvalue weighted by Gasteiger charge is 2.42. The Morgan fingerprint density at radius 3 is 2.93 bits per heavy atom. The molecule has 0 saturated heterocycles. The topological polar surface area (TPSA) is 58.9 Å². The standard InChI is InChI=1S/C10H10N2O2S/c13-15(14)9-4-2-1-3-7(9)5-8-6-11-12-10(8)15/h1-4,7,9H,5-6H2. The largest absolute Gasteiger partial charge is 0.221 e. The van der Waals surface area contributed by atoms with Gasteiger partial charge in [0, 0.05) is 5.92 Å². The number of nitrogens with zero attached hydrogens (tertiary/aromatic N) is 2. The van der Waals surface area contributed by atoms with Crippen molar-refractivity contribution in [3.63, 3.8) is 0 Å². The first kappa shape index (κ1) is 9.03. The number of hydrogen-bond acceptors (Lipinski definition) is 4. The second-order valence-electron chi connectivity index (χ2n) is 3.96. The summed E-state index contributed by atoms with van der Waals surface area (Å²) in [6, 6.07) is 0. The molecule has 3 aliphatic rings. The highest BCUT2D eigenvalue weighted by atomic mass is 32.2. The maximum absolute atomic E-state index is 12.1. The molecule has 0 aromatic carbocycles. The first-order chi connectivity index (χ1) is 7.19. The van der Waals surface area contributed by atoms with E-state index < -0.39 is 15.1 Å². The summed E-state index contributed by atoms with van der Waals surface area (Å²) in [5.74, 6) is 0.0715. The number of allylic oxidation sites excluding steroid dienone is 3. The van der Waals surface area contributed by atoms with Crippen molar-refractivity contribution in [2.75, 3.05) is 6.54 Å². The summed E-state index contributed by atoms with van der Waals surface area (Å²) < 4.78 is 24.3. The van der Waals surface area contributed by atoms with E-state index in [0.29, 0.717) is 6.54 Å². The Kier molecular flexibility index (Phi) is 1.74. The molecule has 0 saturated carbocycles. The van der Waals surface area contributed by atoms with E-state index >= 15 is 0 Å². The van der Waals surface area contributed by atoms with E-state index in [1.165, 1.54) is 0 Å². The van der Waals surface area contributed by atoms with Crippen LogP contribution in [0.3, 0.4) is 0 Å². The minimum absolute atomic E-state index is 0.0715. The Morgan fingerprint density at radius 2 is 2.07 bits per heavy atom. The Morgan fingerprint density at radius 1 is 1.27 bits per heavy atom. The van der Waals surface area contributed by atoms with Crippen LogP contribution >= 0.6 is 0 Å². The molecule has 2 atom stereocenters. The van der Waals surface area contributed by atoms with Crippen LogP contribution in [0.1, 0.15) is 6.42 Å². The van der Waals surface area contributed by atoms with E-state index in [9.17, 15) is 8.42 Å². The summed E-state index contributed by atoms with van der Waals surface area (Å²) in [4.78, 5) is 0. The quantitative estimate of drug-likeness (QED) is 0.625. The monoisotopic (exact) mass is 222 g/mol. The van der Waals surface area contributed by atoms with Gasteiger partial charge in [0.1, 0.15) is 0 Å². The van der Waals surface area contributed by atoms with Crippen LogP contribution in [0, 0.1) is 5.92 Å². The summed E-state index contributed by atoms with van der Waals surface area (Å²) in [5.41, 5.74) is 0.871. The highest BCUT2D eigenvalue weighted by molar-refractivity contribution is 7.96. The fourth-order valence-corrected chi connectivity index (χ4v) is 4.22. The van der Waals surface area contributed by atoms with Crippen LogP contribution in [0.15, 0.2) is 45.1 Å². The molecule has 2 unspecified atom stereocenters. The zero-order valence-corrected chi connectivity index (χ0v) is 8.81. The van der Waals surface area contributed by atoms with Crippen LogP contribution in [0.25, 0.3) is 0 Å². The number of fused-ring (bicyclic) bond motifs is 1. The average Bonchev–Trinajstić information content (AvgIpc) is 2.67. The van der Waals surface area contributed by atoms with Gasteiger partial charge < -0.3 is 0 Å². The average molecular weight is 222 g/mol. The summed E-state index contributed by atoms with van der Waals surface area (Å²) in [5, 5.41) is 7.36. The summed E-state index contributed by atoms with van der Waals surface area (Å²) in [6.07, 6.45) is 8.18. The predicted molar refractivity (Wildman–Crippen MR) is 55.8 cm³/mol. The van der Waals surface area contributed by atoms with Crippen molar-refractivity contribution in [3.05, 3.63) is 34.9 Å². The molecular formula is C10H10N2O2S. The lowest BCUT2D eigenvalue weighted by Gasteiger charge is -2.28. The van der Waals surface area contributed by atoms with Gasteiger partial charge in [-0.25, -0.2) is 8.42 Å².